The number of aliphatic hydroxyl groups is 2. The first-order chi connectivity index (χ1) is 41.6. The lowest BCUT2D eigenvalue weighted by Crippen LogP contribution is -2.61. The zero-order valence-electron chi connectivity index (χ0n) is 53.3. The van der Waals surface area contributed by atoms with Crippen LogP contribution in [0.2, 0.25) is 0 Å². The number of carboxylic acid groups (broad SMARTS) is 1. The third-order valence-electron chi connectivity index (χ3n) is 14.5. The lowest BCUT2D eigenvalue weighted by molar-refractivity contribution is -0.301. The van der Waals surface area contributed by atoms with E-state index in [-0.39, 0.29) is 25.9 Å². The van der Waals surface area contributed by atoms with Crippen LogP contribution in [0.1, 0.15) is 265 Å². The van der Waals surface area contributed by atoms with Crippen LogP contribution in [0, 0.1) is 0 Å². The molecule has 1 aliphatic heterocycles. The second kappa shape index (κ2) is 59.5. The molecule has 0 radical (unpaired) electrons. The highest BCUT2D eigenvalue weighted by molar-refractivity contribution is 5.74. The molecule has 6 unspecified atom stereocenters. The number of carbonyl (C=O) groups is 4. The van der Waals surface area contributed by atoms with Gasteiger partial charge in [0.15, 0.2) is 24.6 Å². The first kappa shape index (κ1) is 78.1. The Labute approximate surface area is 516 Å². The van der Waals surface area contributed by atoms with Crippen LogP contribution in [0.4, 0.5) is 0 Å². The van der Waals surface area contributed by atoms with Gasteiger partial charge in [0.25, 0.3) is 0 Å². The van der Waals surface area contributed by atoms with Crippen LogP contribution < -0.4 is 0 Å². The minimum Gasteiger partial charge on any atom is -0.479 e. The summed E-state index contributed by atoms with van der Waals surface area (Å²) in [6.07, 6.45) is 70.2. The summed E-state index contributed by atoms with van der Waals surface area (Å²) in [7, 11) is 0. The van der Waals surface area contributed by atoms with E-state index in [1.54, 1.807) is 0 Å². The van der Waals surface area contributed by atoms with Gasteiger partial charge in [0.2, 0.25) is 0 Å². The average molecular weight is 1190 g/mol. The molecule has 6 atom stereocenters. The molecule has 1 rings (SSSR count). The Bertz CT molecular complexity index is 1940. The SMILES string of the molecule is CC/C=C\C/C=C\C/C=C\C/C=C\C/C=C\C/C=C\CCC(=O)OCC(COC1OC(C(=O)O)C(O)C(O)C1OC(=O)CCCCCCCCC/C=C\C/C=C\C/C=C\CC)OC(=O)CCCCCCCCCCC/C=C\CCCCCCCC. The van der Waals surface area contributed by atoms with Crippen molar-refractivity contribution in [1.82, 2.24) is 0 Å². The molecule has 1 fully saturated rings. The quantitative estimate of drug-likeness (QED) is 0.0228. The number of hydrogen-bond donors (Lipinski definition) is 3. The van der Waals surface area contributed by atoms with Gasteiger partial charge in [-0.15, -0.1) is 0 Å². The highest BCUT2D eigenvalue weighted by atomic mass is 16.7. The van der Waals surface area contributed by atoms with E-state index in [0.717, 1.165) is 135 Å². The van der Waals surface area contributed by atoms with E-state index in [1.807, 2.05) is 12.2 Å². The van der Waals surface area contributed by atoms with Gasteiger partial charge in [-0.3, -0.25) is 14.4 Å². The molecule has 0 aromatic heterocycles. The van der Waals surface area contributed by atoms with Crippen molar-refractivity contribution in [2.45, 2.75) is 302 Å². The number of esters is 3. The molecule has 0 bridgehead atoms. The minimum atomic E-state index is -1.92. The Morgan fingerprint density at radius 3 is 1.19 bits per heavy atom. The molecule has 85 heavy (non-hydrogen) atoms. The van der Waals surface area contributed by atoms with Crippen LogP contribution >= 0.6 is 0 Å². The van der Waals surface area contributed by atoms with E-state index in [9.17, 15) is 34.5 Å². The summed E-state index contributed by atoms with van der Waals surface area (Å²) in [5.41, 5.74) is 0. The van der Waals surface area contributed by atoms with Gasteiger partial charge in [-0.05, 0) is 116 Å². The van der Waals surface area contributed by atoms with Crippen molar-refractivity contribution in [1.29, 1.82) is 0 Å². The summed E-state index contributed by atoms with van der Waals surface area (Å²) >= 11 is 0. The standard InChI is InChI=1S/C73H118O12/c1-4-7-10-13-16-19-22-25-28-31-33-36-38-41-44-47-50-53-56-59-65(74)81-62-64(83-66(75)60-57-54-51-48-45-42-40-37-34-32-29-26-23-20-17-14-11-8-5-2)63-82-73-71(69(78)68(77)70(85-73)72(79)80)84-67(76)61-58-55-52-49-46-43-39-35-30-27-24-21-18-15-12-9-6-3/h7,9-10,12,16,18-19,21,25-30,33,36,41,44,50,53,64,68-71,73,77-78H,4-6,8,11,13-15,17,20,22-24,31-32,34-35,37-40,42-43,45-49,51-52,54-63H2,1-3H3,(H,79,80)/b10-7-,12-9-,19-16-,21-18-,28-25-,29-26-,30-27-,36-33-,44-41-,53-50-. The van der Waals surface area contributed by atoms with Gasteiger partial charge >= 0.3 is 23.9 Å². The fourth-order valence-electron chi connectivity index (χ4n) is 9.46. The monoisotopic (exact) mass is 1190 g/mol. The Kier molecular flexibility index (Phi) is 54.6. The second-order valence-corrected chi connectivity index (χ2v) is 22.3. The van der Waals surface area contributed by atoms with Crippen molar-refractivity contribution in [3.05, 3.63) is 122 Å². The van der Waals surface area contributed by atoms with Gasteiger partial charge in [0, 0.05) is 19.3 Å². The molecule has 3 N–H and O–H groups in total. The van der Waals surface area contributed by atoms with Gasteiger partial charge in [-0.1, -0.05) is 251 Å². The molecule has 0 spiro atoms. The fraction of sp³-hybridized carbons (Fsp3) is 0.671. The summed E-state index contributed by atoms with van der Waals surface area (Å²) in [6, 6.07) is 0. The maximum atomic E-state index is 13.2. The van der Waals surface area contributed by atoms with Gasteiger partial charge in [0.1, 0.15) is 18.8 Å². The Hall–Kier alpha value is -4.88. The third kappa shape index (κ3) is 48.9. The number of carbonyl (C=O) groups excluding carboxylic acids is 3. The third-order valence-corrected chi connectivity index (χ3v) is 14.5. The van der Waals surface area contributed by atoms with E-state index in [1.165, 1.54) is 70.6 Å². The number of carboxylic acids is 1. The molecule has 0 saturated carbocycles. The van der Waals surface area contributed by atoms with Crippen LogP contribution in [0.15, 0.2) is 122 Å². The number of allylic oxidation sites excluding steroid dienone is 20. The number of ether oxygens (including phenoxy) is 5. The zero-order valence-corrected chi connectivity index (χ0v) is 53.3. The summed E-state index contributed by atoms with van der Waals surface area (Å²) in [6.45, 7) is 5.72. The van der Waals surface area contributed by atoms with Crippen molar-refractivity contribution in [3.63, 3.8) is 0 Å². The number of hydrogen-bond acceptors (Lipinski definition) is 11. The van der Waals surface area contributed by atoms with E-state index >= 15 is 0 Å². The van der Waals surface area contributed by atoms with Crippen molar-refractivity contribution in [3.8, 4) is 0 Å². The minimum absolute atomic E-state index is 0.0365. The van der Waals surface area contributed by atoms with E-state index in [2.05, 4.69) is 130 Å². The summed E-state index contributed by atoms with van der Waals surface area (Å²) < 4.78 is 28.5. The lowest BCUT2D eigenvalue weighted by Gasteiger charge is -2.40. The number of rotatable bonds is 56. The second-order valence-electron chi connectivity index (χ2n) is 22.3. The Balaban J connectivity index is 2.71. The van der Waals surface area contributed by atoms with E-state index in [4.69, 9.17) is 23.7 Å². The Morgan fingerprint density at radius 1 is 0.400 bits per heavy atom. The molecule has 0 amide bonds. The topological polar surface area (TPSA) is 175 Å². The van der Waals surface area contributed by atoms with Crippen LogP contribution in [-0.2, 0) is 42.9 Å². The van der Waals surface area contributed by atoms with Gasteiger partial charge < -0.3 is 39.0 Å². The van der Waals surface area contributed by atoms with Crippen molar-refractivity contribution in [2.24, 2.45) is 0 Å². The van der Waals surface area contributed by atoms with Crippen molar-refractivity contribution < 1.29 is 58.2 Å². The number of aliphatic hydroxyl groups excluding tert-OH is 2. The zero-order chi connectivity index (χ0) is 61.7. The summed E-state index contributed by atoms with van der Waals surface area (Å²) in [5.74, 6) is -3.25. The normalized spacial score (nSPS) is 18.2. The van der Waals surface area contributed by atoms with Gasteiger partial charge in [-0.2, -0.15) is 0 Å². The summed E-state index contributed by atoms with van der Waals surface area (Å²) in [4.78, 5) is 51.4. The molecule has 12 nitrogen and oxygen atoms in total. The number of aliphatic carboxylic acids is 1. The first-order valence-corrected chi connectivity index (χ1v) is 33.5. The number of unbranched alkanes of at least 4 members (excludes halogenated alkanes) is 22. The van der Waals surface area contributed by atoms with Crippen molar-refractivity contribution in [2.75, 3.05) is 13.2 Å². The smallest absolute Gasteiger partial charge is 0.335 e. The highest BCUT2D eigenvalue weighted by Gasteiger charge is 2.50. The predicted octanol–water partition coefficient (Wildman–Crippen LogP) is 18.3. The van der Waals surface area contributed by atoms with Crippen LogP contribution in [-0.4, -0.2) is 89.2 Å². The lowest BCUT2D eigenvalue weighted by atomic mass is 9.98. The molecular formula is C73H118O12. The van der Waals surface area contributed by atoms with Crippen LogP contribution in [0.25, 0.3) is 0 Å². The molecule has 0 aromatic rings. The predicted molar refractivity (Wildman–Crippen MR) is 349 cm³/mol. The molecule has 1 heterocycles. The van der Waals surface area contributed by atoms with Crippen molar-refractivity contribution >= 4 is 23.9 Å². The maximum absolute atomic E-state index is 13.2. The molecular weight excluding hydrogens is 1070 g/mol. The summed E-state index contributed by atoms with van der Waals surface area (Å²) in [5, 5.41) is 31.6. The van der Waals surface area contributed by atoms with Crippen LogP contribution in [0.3, 0.4) is 0 Å². The van der Waals surface area contributed by atoms with Gasteiger partial charge in [-0.25, -0.2) is 4.79 Å². The largest absolute Gasteiger partial charge is 0.479 e. The molecule has 1 aliphatic rings. The molecule has 0 aromatic carbocycles. The molecule has 12 heteroatoms. The average Bonchev–Trinajstić information content (AvgIpc) is 3.46. The van der Waals surface area contributed by atoms with E-state index < -0.39 is 67.3 Å². The van der Waals surface area contributed by atoms with Crippen LogP contribution in [0.5, 0.6) is 0 Å². The highest BCUT2D eigenvalue weighted by Crippen LogP contribution is 2.26. The molecule has 482 valence electrons. The maximum Gasteiger partial charge on any atom is 0.335 e. The first-order valence-electron chi connectivity index (χ1n) is 33.5. The van der Waals surface area contributed by atoms with Gasteiger partial charge in [0.05, 0.1) is 6.61 Å². The van der Waals surface area contributed by atoms with E-state index in [0.29, 0.717) is 19.3 Å². The Morgan fingerprint density at radius 2 is 0.765 bits per heavy atom. The fourth-order valence-corrected chi connectivity index (χ4v) is 9.46. The molecule has 0 aliphatic carbocycles. The molecule has 1 saturated heterocycles.